The van der Waals surface area contributed by atoms with Crippen LogP contribution >= 0.6 is 38.9 Å². The quantitative estimate of drug-likeness (QED) is 0.512. The van der Waals surface area contributed by atoms with Crippen LogP contribution in [-0.2, 0) is 0 Å². The number of hydrogen-bond acceptors (Lipinski definition) is 3. The molecule has 0 aliphatic heterocycles. The number of hydrogen-bond donors (Lipinski definition) is 2. The van der Waals surface area contributed by atoms with Crippen molar-refractivity contribution in [2.24, 2.45) is 5.84 Å². The second-order valence-corrected chi connectivity index (χ2v) is 6.76. The summed E-state index contributed by atoms with van der Waals surface area (Å²) in [6, 6.07) is 14.1. The number of benzene rings is 2. The number of rotatable bonds is 3. The molecular formula is C15H12BrClN2S. The summed E-state index contributed by atoms with van der Waals surface area (Å²) in [5.74, 6) is 5.79. The van der Waals surface area contributed by atoms with Gasteiger partial charge in [-0.1, -0.05) is 45.7 Å². The van der Waals surface area contributed by atoms with Crippen molar-refractivity contribution in [3.8, 4) is 0 Å². The van der Waals surface area contributed by atoms with E-state index in [1.165, 1.54) is 10.1 Å². The molecular weight excluding hydrogens is 356 g/mol. The van der Waals surface area contributed by atoms with Crippen LogP contribution in [0.2, 0.25) is 5.02 Å². The maximum absolute atomic E-state index is 6.14. The van der Waals surface area contributed by atoms with Gasteiger partial charge in [-0.15, -0.1) is 11.3 Å². The Kier molecular flexibility index (Phi) is 4.10. The molecule has 1 aromatic heterocycles. The van der Waals surface area contributed by atoms with Crippen LogP contribution in [0.25, 0.3) is 10.1 Å². The molecule has 5 heteroatoms. The van der Waals surface area contributed by atoms with Crippen molar-refractivity contribution in [3.63, 3.8) is 0 Å². The molecule has 3 N–H and O–H groups in total. The van der Waals surface area contributed by atoms with Crippen LogP contribution in [0.1, 0.15) is 17.2 Å². The number of thiophene rings is 1. The summed E-state index contributed by atoms with van der Waals surface area (Å²) in [6.07, 6.45) is 0. The van der Waals surface area contributed by atoms with Gasteiger partial charge in [0, 0.05) is 14.2 Å². The summed E-state index contributed by atoms with van der Waals surface area (Å²) < 4.78 is 2.19. The SMILES string of the molecule is NNC(c1cc(Cl)cc(Br)c1)c1cccc2ccsc12. The molecule has 0 saturated heterocycles. The average molecular weight is 368 g/mol. The van der Waals surface area contributed by atoms with E-state index >= 15 is 0 Å². The van der Waals surface area contributed by atoms with Crippen molar-refractivity contribution in [2.75, 3.05) is 0 Å². The molecule has 2 nitrogen and oxygen atoms in total. The topological polar surface area (TPSA) is 38.0 Å². The molecule has 20 heavy (non-hydrogen) atoms. The van der Waals surface area contributed by atoms with Gasteiger partial charge in [0.15, 0.2) is 0 Å². The molecule has 3 aromatic rings. The normalized spacial score (nSPS) is 12.8. The largest absolute Gasteiger partial charge is 0.271 e. The molecule has 0 bridgehead atoms. The van der Waals surface area contributed by atoms with Crippen molar-refractivity contribution in [2.45, 2.75) is 6.04 Å². The third-order valence-electron chi connectivity index (χ3n) is 3.21. The maximum atomic E-state index is 6.14. The van der Waals surface area contributed by atoms with Crippen LogP contribution in [0.15, 0.2) is 52.3 Å². The van der Waals surface area contributed by atoms with Crippen LogP contribution in [0.4, 0.5) is 0 Å². The lowest BCUT2D eigenvalue weighted by Crippen LogP contribution is -2.28. The summed E-state index contributed by atoms with van der Waals surface area (Å²) in [5, 5.41) is 4.01. The van der Waals surface area contributed by atoms with Crippen molar-refractivity contribution < 1.29 is 0 Å². The van der Waals surface area contributed by atoms with Crippen LogP contribution in [0.5, 0.6) is 0 Å². The minimum atomic E-state index is -0.0904. The van der Waals surface area contributed by atoms with Gasteiger partial charge in [-0.25, -0.2) is 5.43 Å². The van der Waals surface area contributed by atoms with E-state index in [9.17, 15) is 0 Å². The minimum absolute atomic E-state index is 0.0904. The third kappa shape index (κ3) is 2.62. The van der Waals surface area contributed by atoms with E-state index in [4.69, 9.17) is 17.4 Å². The smallest absolute Gasteiger partial charge is 0.0724 e. The molecule has 0 saturated carbocycles. The predicted octanol–water partition coefficient (Wildman–Crippen LogP) is 4.87. The van der Waals surface area contributed by atoms with Gasteiger partial charge in [0.25, 0.3) is 0 Å². The minimum Gasteiger partial charge on any atom is -0.271 e. The van der Waals surface area contributed by atoms with Crippen molar-refractivity contribution in [1.82, 2.24) is 5.43 Å². The molecule has 1 heterocycles. The monoisotopic (exact) mass is 366 g/mol. The molecule has 0 spiro atoms. The fourth-order valence-corrected chi connectivity index (χ4v) is 4.18. The standard InChI is InChI=1S/C15H12BrClN2S/c16-11-6-10(7-12(17)8-11)14(19-18)13-3-1-2-9-4-5-20-15(9)13/h1-8,14,19H,18H2. The van der Waals surface area contributed by atoms with Gasteiger partial charge in [-0.2, -0.15) is 0 Å². The zero-order valence-corrected chi connectivity index (χ0v) is 13.6. The molecule has 0 fully saturated rings. The van der Waals surface area contributed by atoms with Crippen LogP contribution in [0.3, 0.4) is 0 Å². The summed E-state index contributed by atoms with van der Waals surface area (Å²) in [6.45, 7) is 0. The Hall–Kier alpha value is -0.910. The Labute approximate surface area is 134 Å². The van der Waals surface area contributed by atoms with E-state index in [1.807, 2.05) is 24.3 Å². The Balaban J connectivity index is 2.16. The van der Waals surface area contributed by atoms with Crippen molar-refractivity contribution in [1.29, 1.82) is 0 Å². The van der Waals surface area contributed by atoms with Crippen LogP contribution in [0, 0.1) is 0 Å². The first-order valence-electron chi connectivity index (χ1n) is 6.07. The summed E-state index contributed by atoms with van der Waals surface area (Å²) in [7, 11) is 0. The molecule has 1 unspecified atom stereocenters. The van der Waals surface area contributed by atoms with E-state index in [0.29, 0.717) is 5.02 Å². The van der Waals surface area contributed by atoms with E-state index in [2.05, 4.69) is 44.9 Å². The van der Waals surface area contributed by atoms with E-state index in [1.54, 1.807) is 11.3 Å². The Morgan fingerprint density at radius 1 is 1.20 bits per heavy atom. The van der Waals surface area contributed by atoms with Gasteiger partial charge in [0.2, 0.25) is 0 Å². The molecule has 2 aromatic carbocycles. The second kappa shape index (κ2) is 5.84. The fraction of sp³-hybridized carbons (Fsp3) is 0.0667. The lowest BCUT2D eigenvalue weighted by Gasteiger charge is -2.18. The molecule has 102 valence electrons. The number of nitrogens with one attached hydrogen (secondary N) is 1. The lowest BCUT2D eigenvalue weighted by atomic mass is 9.98. The van der Waals surface area contributed by atoms with Gasteiger partial charge in [0.1, 0.15) is 0 Å². The van der Waals surface area contributed by atoms with Gasteiger partial charge >= 0.3 is 0 Å². The lowest BCUT2D eigenvalue weighted by molar-refractivity contribution is 0.641. The Bertz CT molecular complexity index is 736. The average Bonchev–Trinajstić information content (AvgIpc) is 2.87. The van der Waals surface area contributed by atoms with Crippen LogP contribution in [-0.4, -0.2) is 0 Å². The highest BCUT2D eigenvalue weighted by atomic mass is 79.9. The fourth-order valence-electron chi connectivity index (χ4n) is 2.35. The van der Waals surface area contributed by atoms with Gasteiger partial charge in [-0.05, 0) is 46.2 Å². The second-order valence-electron chi connectivity index (χ2n) is 4.49. The molecule has 0 amide bonds. The van der Waals surface area contributed by atoms with Gasteiger partial charge in [0.05, 0.1) is 6.04 Å². The first kappa shape index (κ1) is 14.0. The van der Waals surface area contributed by atoms with E-state index in [0.717, 1.165) is 15.6 Å². The number of fused-ring (bicyclic) bond motifs is 1. The highest BCUT2D eigenvalue weighted by molar-refractivity contribution is 9.10. The van der Waals surface area contributed by atoms with E-state index < -0.39 is 0 Å². The molecule has 0 aliphatic rings. The predicted molar refractivity (Wildman–Crippen MR) is 90.1 cm³/mol. The number of nitrogens with two attached hydrogens (primary N) is 1. The van der Waals surface area contributed by atoms with Crippen molar-refractivity contribution in [3.05, 3.63) is 68.5 Å². The Morgan fingerprint density at radius 3 is 2.80 bits per heavy atom. The van der Waals surface area contributed by atoms with Gasteiger partial charge in [-0.3, -0.25) is 5.84 Å². The zero-order valence-electron chi connectivity index (χ0n) is 10.4. The van der Waals surface area contributed by atoms with Gasteiger partial charge < -0.3 is 0 Å². The first-order chi connectivity index (χ1) is 9.69. The highest BCUT2D eigenvalue weighted by Crippen LogP contribution is 2.33. The Morgan fingerprint density at radius 2 is 2.05 bits per heavy atom. The number of halogens is 2. The maximum Gasteiger partial charge on any atom is 0.0724 e. The zero-order chi connectivity index (χ0) is 14.1. The highest BCUT2D eigenvalue weighted by Gasteiger charge is 2.16. The summed E-state index contributed by atoms with van der Waals surface area (Å²) in [4.78, 5) is 0. The summed E-state index contributed by atoms with van der Waals surface area (Å²) >= 11 is 11.3. The van der Waals surface area contributed by atoms with E-state index in [-0.39, 0.29) is 6.04 Å². The first-order valence-corrected chi connectivity index (χ1v) is 8.12. The molecule has 0 aliphatic carbocycles. The number of hydrazine groups is 1. The molecule has 0 radical (unpaired) electrons. The summed E-state index contributed by atoms with van der Waals surface area (Å²) in [5.41, 5.74) is 5.09. The third-order valence-corrected chi connectivity index (χ3v) is 4.86. The van der Waals surface area contributed by atoms with Crippen molar-refractivity contribution >= 4 is 49.0 Å². The molecule has 1 atom stereocenters. The van der Waals surface area contributed by atoms with Crippen LogP contribution < -0.4 is 11.3 Å². The molecule has 3 rings (SSSR count).